The number of likely N-dealkylation sites (N-methyl/N-ethyl adjacent to an activating group) is 1. The lowest BCUT2D eigenvalue weighted by molar-refractivity contribution is 0.364. The van der Waals surface area contributed by atoms with E-state index in [2.05, 4.69) is 57.5 Å². The molecule has 1 fully saturated rings. The van der Waals surface area contributed by atoms with Crippen LogP contribution in [0.2, 0.25) is 0 Å². The molecule has 23 heavy (non-hydrogen) atoms. The molecule has 0 saturated carbocycles. The zero-order valence-electron chi connectivity index (χ0n) is 12.7. The van der Waals surface area contributed by atoms with Crippen molar-refractivity contribution >= 4 is 17.3 Å². The van der Waals surface area contributed by atoms with Crippen LogP contribution in [0.5, 0.6) is 0 Å². The molecule has 0 amide bonds. The second-order valence-electron chi connectivity index (χ2n) is 5.69. The molecule has 0 radical (unpaired) electrons. The Balaban J connectivity index is 1.84. The normalized spacial score (nSPS) is 23.0. The summed E-state index contributed by atoms with van der Waals surface area (Å²) in [6.45, 7) is 0. The highest BCUT2D eigenvalue weighted by atomic mass is 35.5. The quantitative estimate of drug-likeness (QED) is 0.917. The van der Waals surface area contributed by atoms with Crippen LogP contribution in [-0.4, -0.2) is 23.1 Å². The van der Waals surface area contributed by atoms with E-state index in [-0.39, 0.29) is 12.3 Å². The van der Waals surface area contributed by atoms with Gasteiger partial charge in [0.15, 0.2) is 0 Å². The number of nitrogens with one attached hydrogen (secondary N) is 1. The van der Waals surface area contributed by atoms with Gasteiger partial charge in [-0.25, -0.2) is 0 Å². The molecule has 1 aromatic heterocycles. The fraction of sp³-hybridized carbons (Fsp3) is 0.167. The summed E-state index contributed by atoms with van der Waals surface area (Å²) in [5.74, 6) is 0. The SMILES string of the molecule is CN1C=CC(Cl)=C2NC(c3ccccc3)N(c3cccnc3)C21. The zero-order valence-corrected chi connectivity index (χ0v) is 13.5. The van der Waals surface area contributed by atoms with Gasteiger partial charge in [0.1, 0.15) is 12.3 Å². The van der Waals surface area contributed by atoms with Crippen molar-refractivity contribution in [3.63, 3.8) is 0 Å². The molecule has 2 aliphatic heterocycles. The third-order valence-electron chi connectivity index (χ3n) is 4.25. The van der Waals surface area contributed by atoms with Crippen LogP contribution in [0.3, 0.4) is 0 Å². The van der Waals surface area contributed by atoms with E-state index >= 15 is 0 Å². The zero-order chi connectivity index (χ0) is 15.8. The Morgan fingerprint density at radius 3 is 2.70 bits per heavy atom. The van der Waals surface area contributed by atoms with Crippen LogP contribution in [0.25, 0.3) is 0 Å². The van der Waals surface area contributed by atoms with Gasteiger partial charge in [-0.15, -0.1) is 0 Å². The van der Waals surface area contributed by atoms with Crippen LogP contribution in [0, 0.1) is 0 Å². The number of hydrogen-bond donors (Lipinski definition) is 1. The maximum absolute atomic E-state index is 6.45. The van der Waals surface area contributed by atoms with Crippen molar-refractivity contribution in [3.05, 3.63) is 83.4 Å². The second-order valence-corrected chi connectivity index (χ2v) is 6.10. The van der Waals surface area contributed by atoms with Crippen LogP contribution in [0.4, 0.5) is 5.69 Å². The van der Waals surface area contributed by atoms with E-state index in [4.69, 9.17) is 11.6 Å². The number of halogens is 1. The predicted octanol–water partition coefficient (Wildman–Crippen LogP) is 3.43. The van der Waals surface area contributed by atoms with Crippen molar-refractivity contribution in [1.82, 2.24) is 15.2 Å². The van der Waals surface area contributed by atoms with Gasteiger partial charge in [-0.3, -0.25) is 4.98 Å². The number of hydrogen-bond acceptors (Lipinski definition) is 4. The Labute approximate surface area is 140 Å². The molecule has 3 heterocycles. The van der Waals surface area contributed by atoms with Crippen LogP contribution in [-0.2, 0) is 0 Å². The molecule has 1 aromatic carbocycles. The van der Waals surface area contributed by atoms with Gasteiger partial charge in [0, 0.05) is 19.4 Å². The van der Waals surface area contributed by atoms with E-state index in [1.54, 1.807) is 6.20 Å². The van der Waals surface area contributed by atoms with E-state index in [0.29, 0.717) is 0 Å². The fourth-order valence-electron chi connectivity index (χ4n) is 3.19. The third kappa shape index (κ3) is 2.35. The summed E-state index contributed by atoms with van der Waals surface area (Å²) in [5, 5.41) is 4.34. The molecule has 1 saturated heterocycles. The number of nitrogens with zero attached hydrogens (tertiary/aromatic N) is 3. The molecule has 0 spiro atoms. The maximum atomic E-state index is 6.45. The predicted molar refractivity (Wildman–Crippen MR) is 92.6 cm³/mol. The van der Waals surface area contributed by atoms with Gasteiger partial charge in [0.2, 0.25) is 0 Å². The number of anilines is 1. The van der Waals surface area contributed by atoms with Gasteiger partial charge in [0.05, 0.1) is 22.6 Å². The molecule has 2 aliphatic rings. The van der Waals surface area contributed by atoms with E-state index in [1.165, 1.54) is 5.56 Å². The number of allylic oxidation sites excluding steroid dienone is 2. The van der Waals surface area contributed by atoms with Gasteiger partial charge in [-0.05, 0) is 23.8 Å². The van der Waals surface area contributed by atoms with Gasteiger partial charge < -0.3 is 15.1 Å². The second kappa shape index (κ2) is 5.63. The lowest BCUT2D eigenvalue weighted by atomic mass is 10.1. The monoisotopic (exact) mass is 324 g/mol. The lowest BCUT2D eigenvalue weighted by Crippen LogP contribution is -2.43. The average Bonchev–Trinajstić information content (AvgIpc) is 3.02. The van der Waals surface area contributed by atoms with Crippen molar-refractivity contribution in [2.45, 2.75) is 12.3 Å². The third-order valence-corrected chi connectivity index (χ3v) is 4.58. The fourth-order valence-corrected chi connectivity index (χ4v) is 3.40. The molecule has 0 aliphatic carbocycles. The van der Waals surface area contributed by atoms with Crippen molar-refractivity contribution < 1.29 is 0 Å². The minimum Gasteiger partial charge on any atom is -0.360 e. The summed E-state index contributed by atoms with van der Waals surface area (Å²) in [4.78, 5) is 8.75. The van der Waals surface area contributed by atoms with Crippen molar-refractivity contribution in [3.8, 4) is 0 Å². The molecule has 2 unspecified atom stereocenters. The smallest absolute Gasteiger partial charge is 0.146 e. The maximum Gasteiger partial charge on any atom is 0.146 e. The Bertz CT molecular complexity index is 757. The summed E-state index contributed by atoms with van der Waals surface area (Å²) in [6, 6.07) is 14.4. The van der Waals surface area contributed by atoms with Gasteiger partial charge in [0.25, 0.3) is 0 Å². The van der Waals surface area contributed by atoms with E-state index in [1.807, 2.05) is 30.6 Å². The topological polar surface area (TPSA) is 31.4 Å². The average molecular weight is 325 g/mol. The number of rotatable bonds is 2. The molecule has 4 nitrogen and oxygen atoms in total. The highest BCUT2D eigenvalue weighted by Gasteiger charge is 2.42. The van der Waals surface area contributed by atoms with Crippen molar-refractivity contribution in [1.29, 1.82) is 0 Å². The first-order chi connectivity index (χ1) is 11.3. The molecule has 2 aromatic rings. The first-order valence-corrected chi connectivity index (χ1v) is 7.93. The Morgan fingerprint density at radius 2 is 1.96 bits per heavy atom. The molecule has 1 N–H and O–H groups in total. The van der Waals surface area contributed by atoms with E-state index in [0.717, 1.165) is 16.4 Å². The van der Waals surface area contributed by atoms with Gasteiger partial charge >= 0.3 is 0 Å². The van der Waals surface area contributed by atoms with Crippen LogP contribution >= 0.6 is 11.6 Å². The first-order valence-electron chi connectivity index (χ1n) is 7.55. The summed E-state index contributed by atoms with van der Waals surface area (Å²) in [7, 11) is 2.06. The highest BCUT2D eigenvalue weighted by molar-refractivity contribution is 6.31. The number of fused-ring (bicyclic) bond motifs is 1. The summed E-state index contributed by atoms with van der Waals surface area (Å²) in [6.07, 6.45) is 7.65. The molecule has 2 atom stereocenters. The molecule has 5 heteroatoms. The molecule has 4 rings (SSSR count). The first kappa shape index (κ1) is 14.2. The minimum atomic E-state index is 0.0106. The largest absolute Gasteiger partial charge is 0.360 e. The van der Waals surface area contributed by atoms with Crippen LogP contribution in [0.15, 0.2) is 77.9 Å². The summed E-state index contributed by atoms with van der Waals surface area (Å²) < 4.78 is 0. The van der Waals surface area contributed by atoms with Crippen LogP contribution < -0.4 is 10.2 Å². The Morgan fingerprint density at radius 1 is 1.13 bits per heavy atom. The summed E-state index contributed by atoms with van der Waals surface area (Å²) >= 11 is 6.45. The molecule has 116 valence electrons. The van der Waals surface area contributed by atoms with Gasteiger partial charge in [-0.1, -0.05) is 41.9 Å². The molecular weight excluding hydrogens is 308 g/mol. The Kier molecular flexibility index (Phi) is 3.46. The van der Waals surface area contributed by atoms with Crippen LogP contribution in [0.1, 0.15) is 11.7 Å². The molecule has 0 bridgehead atoms. The lowest BCUT2D eigenvalue weighted by Gasteiger charge is -2.36. The molecular formula is C18H17ClN4. The number of benzene rings is 1. The minimum absolute atomic E-state index is 0.0106. The van der Waals surface area contributed by atoms with Crippen molar-refractivity contribution in [2.75, 3.05) is 11.9 Å². The standard InChI is InChI=1S/C18H17ClN4/c1-22-11-9-15(19)16-18(22)23(14-8-5-10-20-12-14)17(21-16)13-6-3-2-4-7-13/h2-12,17-18,21H,1H3. The van der Waals surface area contributed by atoms with E-state index < -0.39 is 0 Å². The highest BCUT2D eigenvalue weighted by Crippen LogP contribution is 2.40. The number of aromatic nitrogens is 1. The summed E-state index contributed by atoms with van der Waals surface area (Å²) in [5.41, 5.74) is 3.27. The van der Waals surface area contributed by atoms with E-state index in [9.17, 15) is 0 Å². The van der Waals surface area contributed by atoms with Gasteiger partial charge in [-0.2, -0.15) is 0 Å². The van der Waals surface area contributed by atoms with Crippen molar-refractivity contribution in [2.24, 2.45) is 0 Å². The Hall–Kier alpha value is -2.46. The number of pyridine rings is 1.